The summed E-state index contributed by atoms with van der Waals surface area (Å²) in [6, 6.07) is 10.3. The molecule has 0 saturated heterocycles. The maximum atomic E-state index is 4.88. The largest absolute Gasteiger partial charge is 0.325 e. The van der Waals surface area contributed by atoms with E-state index in [1.54, 1.807) is 0 Å². The quantitative estimate of drug-likeness (QED) is 0.465. The highest BCUT2D eigenvalue weighted by Gasteiger charge is 2.31. The molecule has 3 aromatic heterocycles. The molecule has 0 bridgehead atoms. The van der Waals surface area contributed by atoms with Crippen molar-refractivity contribution < 1.29 is 0 Å². The lowest BCUT2D eigenvalue weighted by molar-refractivity contribution is 0.0752. The number of fused-ring (bicyclic) bond motifs is 1. The van der Waals surface area contributed by atoms with Gasteiger partial charge in [-0.2, -0.15) is 0 Å². The Kier molecular flexibility index (Phi) is 6.37. The molecule has 3 N–H and O–H groups in total. The molecule has 180 valence electrons. The van der Waals surface area contributed by atoms with Crippen LogP contribution in [0.15, 0.2) is 78.8 Å². The summed E-state index contributed by atoms with van der Waals surface area (Å²) < 4.78 is 0. The number of nitrogens with zero attached hydrogens (tertiary/aromatic N) is 5. The Hall–Kier alpha value is -3.91. The fraction of sp³-hybridized carbons (Fsp3) is 0.296. The normalized spacial score (nSPS) is 18.1. The Balaban J connectivity index is 1.44. The fourth-order valence-electron chi connectivity index (χ4n) is 4.80. The van der Waals surface area contributed by atoms with E-state index in [9.17, 15) is 0 Å². The zero-order valence-electron chi connectivity index (χ0n) is 20.7. The standard InChI is InChI=1S/C27H32N8/c1-5-18(6-2)20-14-26(33-30-16-20)32-25-8-7-23-24(31-25)13-21(15-29-23)22-17-34(3)35(4)27(22)19-9-11-28-12-10-19/h7-18,27,30,33H,5-6H2,1-4H3,(H,31,32). The summed E-state index contributed by atoms with van der Waals surface area (Å²) in [7, 11) is 4.14. The molecule has 1 atom stereocenters. The Bertz CT molecular complexity index is 1290. The van der Waals surface area contributed by atoms with Crippen molar-refractivity contribution >= 4 is 22.4 Å². The van der Waals surface area contributed by atoms with Crippen molar-refractivity contribution in [2.45, 2.75) is 32.7 Å². The molecule has 8 nitrogen and oxygen atoms in total. The number of likely N-dealkylation sites (N-methyl/N-ethyl adjacent to an activating group) is 1. The van der Waals surface area contributed by atoms with E-state index in [0.717, 1.165) is 41.1 Å². The smallest absolute Gasteiger partial charge is 0.132 e. The van der Waals surface area contributed by atoms with Crippen molar-refractivity contribution in [3.63, 3.8) is 0 Å². The van der Waals surface area contributed by atoms with Gasteiger partial charge in [-0.25, -0.2) is 9.99 Å². The molecule has 0 aromatic carbocycles. The number of allylic oxidation sites excluding steroid dienone is 2. The van der Waals surface area contributed by atoms with E-state index >= 15 is 0 Å². The van der Waals surface area contributed by atoms with Crippen LogP contribution < -0.4 is 16.2 Å². The maximum absolute atomic E-state index is 4.88. The second kappa shape index (κ2) is 9.76. The van der Waals surface area contributed by atoms with Crippen molar-refractivity contribution in [3.05, 3.63) is 89.9 Å². The number of hydrazine groups is 2. The number of hydrogen-bond donors (Lipinski definition) is 3. The number of nitrogens with one attached hydrogen (secondary N) is 3. The summed E-state index contributed by atoms with van der Waals surface area (Å²) in [5.41, 5.74) is 12.7. The first-order valence-corrected chi connectivity index (χ1v) is 12.1. The van der Waals surface area contributed by atoms with E-state index in [1.807, 2.05) is 36.9 Å². The summed E-state index contributed by atoms with van der Waals surface area (Å²) in [5, 5.41) is 7.73. The SMILES string of the molecule is CCC(CC)C1=CNNC(Nc2ccc3ncc(C4=CN(C)N(C)C4c4ccncc4)cc3n2)=C1. The first-order chi connectivity index (χ1) is 17.1. The van der Waals surface area contributed by atoms with Gasteiger partial charge in [-0.05, 0) is 66.3 Å². The molecule has 5 rings (SSSR count). The molecule has 0 aliphatic carbocycles. The number of hydrogen-bond acceptors (Lipinski definition) is 8. The van der Waals surface area contributed by atoms with Crippen LogP contribution in [0.25, 0.3) is 16.6 Å². The van der Waals surface area contributed by atoms with Gasteiger partial charge in [-0.3, -0.25) is 15.4 Å². The van der Waals surface area contributed by atoms with E-state index in [0.29, 0.717) is 5.92 Å². The second-order valence-corrected chi connectivity index (χ2v) is 8.98. The molecule has 0 spiro atoms. The predicted octanol–water partition coefficient (Wildman–Crippen LogP) is 4.58. The van der Waals surface area contributed by atoms with Gasteiger partial charge in [-0.15, -0.1) is 0 Å². The second-order valence-electron chi connectivity index (χ2n) is 8.98. The topological polar surface area (TPSA) is 81.2 Å². The van der Waals surface area contributed by atoms with Crippen LogP contribution in [0.1, 0.15) is 43.9 Å². The number of aromatic nitrogens is 3. The first-order valence-electron chi connectivity index (χ1n) is 12.1. The molecule has 0 fully saturated rings. The maximum Gasteiger partial charge on any atom is 0.132 e. The van der Waals surface area contributed by atoms with Gasteiger partial charge in [-0.1, -0.05) is 13.8 Å². The Labute approximate surface area is 206 Å². The lowest BCUT2D eigenvalue weighted by Crippen LogP contribution is -2.34. The van der Waals surface area contributed by atoms with Gasteiger partial charge in [0.2, 0.25) is 0 Å². The summed E-state index contributed by atoms with van der Waals surface area (Å²) in [6.07, 6.45) is 14.2. The Morgan fingerprint density at radius 3 is 2.63 bits per heavy atom. The van der Waals surface area contributed by atoms with E-state index in [2.05, 4.69) is 89.6 Å². The van der Waals surface area contributed by atoms with Gasteiger partial charge in [0.25, 0.3) is 0 Å². The minimum atomic E-state index is 0.0847. The predicted molar refractivity (Wildman–Crippen MR) is 140 cm³/mol. The minimum absolute atomic E-state index is 0.0847. The molecule has 3 aromatic rings. The Morgan fingerprint density at radius 1 is 1.06 bits per heavy atom. The number of rotatable bonds is 7. The van der Waals surface area contributed by atoms with Crippen molar-refractivity contribution in [2.75, 3.05) is 19.4 Å². The van der Waals surface area contributed by atoms with Crippen LogP contribution in [0, 0.1) is 5.92 Å². The summed E-state index contributed by atoms with van der Waals surface area (Å²) >= 11 is 0. The molecule has 8 heteroatoms. The van der Waals surface area contributed by atoms with Gasteiger partial charge in [0, 0.05) is 56.2 Å². The molecular weight excluding hydrogens is 436 g/mol. The molecule has 5 heterocycles. The third-order valence-electron chi connectivity index (χ3n) is 6.86. The van der Waals surface area contributed by atoms with Gasteiger partial charge >= 0.3 is 0 Å². The lowest BCUT2D eigenvalue weighted by atomic mass is 9.94. The zero-order valence-corrected chi connectivity index (χ0v) is 20.7. The van der Waals surface area contributed by atoms with Crippen molar-refractivity contribution in [1.82, 2.24) is 35.8 Å². The minimum Gasteiger partial charge on any atom is -0.325 e. The average molecular weight is 469 g/mol. The van der Waals surface area contributed by atoms with Crippen molar-refractivity contribution in [1.29, 1.82) is 0 Å². The average Bonchev–Trinajstić information content (AvgIpc) is 3.19. The molecule has 2 aliphatic heterocycles. The molecular formula is C27H32N8. The summed E-state index contributed by atoms with van der Waals surface area (Å²) in [6.45, 7) is 4.45. The van der Waals surface area contributed by atoms with Crippen molar-refractivity contribution in [3.8, 4) is 0 Å². The zero-order chi connectivity index (χ0) is 24.4. The number of anilines is 1. The van der Waals surface area contributed by atoms with Crippen LogP contribution in [0.5, 0.6) is 0 Å². The van der Waals surface area contributed by atoms with E-state index < -0.39 is 0 Å². The van der Waals surface area contributed by atoms with Gasteiger partial charge in [0.1, 0.15) is 11.6 Å². The van der Waals surface area contributed by atoms with Crippen molar-refractivity contribution in [2.24, 2.45) is 5.92 Å². The van der Waals surface area contributed by atoms with Gasteiger partial charge < -0.3 is 15.8 Å². The molecule has 35 heavy (non-hydrogen) atoms. The fourth-order valence-corrected chi connectivity index (χ4v) is 4.80. The van der Waals surface area contributed by atoms with Crippen LogP contribution in [0.3, 0.4) is 0 Å². The van der Waals surface area contributed by atoms with Crippen LogP contribution in [0.4, 0.5) is 5.82 Å². The molecule has 1 unspecified atom stereocenters. The summed E-state index contributed by atoms with van der Waals surface area (Å²) in [4.78, 5) is 13.8. The van der Waals surface area contributed by atoms with Gasteiger partial charge in [0.05, 0.1) is 17.1 Å². The molecule has 0 amide bonds. The molecule has 0 radical (unpaired) electrons. The van der Waals surface area contributed by atoms with E-state index in [-0.39, 0.29) is 6.04 Å². The van der Waals surface area contributed by atoms with Gasteiger partial charge in [0.15, 0.2) is 0 Å². The lowest BCUT2D eigenvalue weighted by Gasteiger charge is -2.28. The highest BCUT2D eigenvalue weighted by Crippen LogP contribution is 2.40. The molecule has 0 saturated carbocycles. The Morgan fingerprint density at radius 2 is 1.86 bits per heavy atom. The van der Waals surface area contributed by atoms with E-state index in [1.165, 1.54) is 16.7 Å². The van der Waals surface area contributed by atoms with Crippen LogP contribution in [-0.2, 0) is 0 Å². The number of pyridine rings is 3. The van der Waals surface area contributed by atoms with Crippen LogP contribution in [-0.4, -0.2) is 39.1 Å². The third kappa shape index (κ3) is 4.57. The first kappa shape index (κ1) is 22.9. The third-order valence-corrected chi connectivity index (χ3v) is 6.86. The van der Waals surface area contributed by atoms with Crippen LogP contribution in [0.2, 0.25) is 0 Å². The highest BCUT2D eigenvalue weighted by atomic mass is 15.6. The molecule has 2 aliphatic rings. The van der Waals surface area contributed by atoms with Crippen LogP contribution >= 0.6 is 0 Å². The summed E-state index contributed by atoms with van der Waals surface area (Å²) in [5.74, 6) is 2.18. The van der Waals surface area contributed by atoms with E-state index in [4.69, 9.17) is 9.97 Å². The highest BCUT2D eigenvalue weighted by molar-refractivity contribution is 5.82. The monoisotopic (exact) mass is 468 g/mol.